The summed E-state index contributed by atoms with van der Waals surface area (Å²) >= 11 is 5.66. The van der Waals surface area contributed by atoms with E-state index in [1.165, 1.54) is 5.56 Å². The Kier molecular flexibility index (Phi) is 4.66. The van der Waals surface area contributed by atoms with Gasteiger partial charge in [0.25, 0.3) is 0 Å². The van der Waals surface area contributed by atoms with Crippen LogP contribution in [-0.4, -0.2) is 16.2 Å². The van der Waals surface area contributed by atoms with Crippen molar-refractivity contribution in [3.8, 4) is 5.69 Å². The van der Waals surface area contributed by atoms with Crippen LogP contribution in [0.1, 0.15) is 40.7 Å². The minimum Gasteiger partial charge on any atom is -0.318 e. The van der Waals surface area contributed by atoms with Gasteiger partial charge in [0.05, 0.1) is 5.88 Å². The van der Waals surface area contributed by atoms with Crippen molar-refractivity contribution < 1.29 is 4.79 Å². The first-order valence-electron chi connectivity index (χ1n) is 6.96. The molecule has 2 nitrogen and oxygen atoms in total. The van der Waals surface area contributed by atoms with Crippen molar-refractivity contribution in [1.29, 1.82) is 0 Å². The highest BCUT2D eigenvalue weighted by molar-refractivity contribution is 6.30. The van der Waals surface area contributed by atoms with Crippen molar-refractivity contribution in [2.75, 3.05) is 5.88 Å². The van der Waals surface area contributed by atoms with E-state index < -0.39 is 0 Å². The normalized spacial score (nSPS) is 10.8. The van der Waals surface area contributed by atoms with Crippen LogP contribution in [0.5, 0.6) is 0 Å². The van der Waals surface area contributed by atoms with Crippen LogP contribution in [0, 0.1) is 13.8 Å². The van der Waals surface area contributed by atoms with Crippen LogP contribution in [0.2, 0.25) is 0 Å². The molecule has 0 saturated heterocycles. The summed E-state index contributed by atoms with van der Waals surface area (Å²) in [6.07, 6.45) is 2.25. The lowest BCUT2D eigenvalue weighted by Crippen LogP contribution is -2.04. The van der Waals surface area contributed by atoms with Crippen LogP contribution >= 0.6 is 11.6 Å². The summed E-state index contributed by atoms with van der Waals surface area (Å²) in [5.74, 6) is 0.00771. The van der Waals surface area contributed by atoms with Gasteiger partial charge in [-0.3, -0.25) is 4.79 Å². The highest BCUT2D eigenvalue weighted by Crippen LogP contribution is 2.22. The topological polar surface area (TPSA) is 22.0 Å². The zero-order chi connectivity index (χ0) is 14.7. The molecule has 2 aromatic rings. The van der Waals surface area contributed by atoms with Gasteiger partial charge in [-0.1, -0.05) is 25.5 Å². The first kappa shape index (κ1) is 14.9. The third-order valence-corrected chi connectivity index (χ3v) is 3.83. The summed E-state index contributed by atoms with van der Waals surface area (Å²) in [6.45, 7) is 6.16. The van der Waals surface area contributed by atoms with E-state index in [-0.39, 0.29) is 11.7 Å². The van der Waals surface area contributed by atoms with Crippen LogP contribution in [0.3, 0.4) is 0 Å². The molecule has 0 atom stereocenters. The number of nitrogens with zero attached hydrogens (tertiary/aromatic N) is 1. The molecule has 0 amide bonds. The highest BCUT2D eigenvalue weighted by atomic mass is 35.5. The third-order valence-electron chi connectivity index (χ3n) is 3.59. The zero-order valence-electron chi connectivity index (χ0n) is 12.2. The van der Waals surface area contributed by atoms with Crippen LogP contribution in [0.4, 0.5) is 0 Å². The van der Waals surface area contributed by atoms with Crippen LogP contribution in [0.25, 0.3) is 5.69 Å². The fourth-order valence-corrected chi connectivity index (χ4v) is 2.76. The quantitative estimate of drug-likeness (QED) is 0.588. The first-order chi connectivity index (χ1) is 9.58. The summed E-state index contributed by atoms with van der Waals surface area (Å²) in [5.41, 5.74) is 5.16. The number of alkyl halides is 1. The first-order valence-corrected chi connectivity index (χ1v) is 7.49. The maximum Gasteiger partial charge on any atom is 0.179 e. The standard InChI is InChI=1S/C17H20ClNO/c1-4-5-14-6-8-15(9-7-14)19-12(2)10-16(13(19)3)17(20)11-18/h6-10H,4-5,11H2,1-3H3. The Hall–Kier alpha value is -1.54. The molecule has 0 radical (unpaired) electrons. The van der Waals surface area contributed by atoms with E-state index >= 15 is 0 Å². The molecular formula is C17H20ClNO. The Morgan fingerprint density at radius 3 is 2.40 bits per heavy atom. The maximum absolute atomic E-state index is 11.8. The average molecular weight is 290 g/mol. The van der Waals surface area contributed by atoms with Crippen molar-refractivity contribution in [2.45, 2.75) is 33.6 Å². The van der Waals surface area contributed by atoms with Crippen molar-refractivity contribution in [3.63, 3.8) is 0 Å². The predicted octanol–water partition coefficient (Wildman–Crippen LogP) is 4.47. The Balaban J connectivity index is 2.42. The number of halogens is 1. The fourth-order valence-electron chi connectivity index (χ4n) is 2.61. The minimum absolute atomic E-state index is 0.0198. The Morgan fingerprint density at radius 2 is 1.85 bits per heavy atom. The van der Waals surface area contributed by atoms with Crippen molar-refractivity contribution >= 4 is 17.4 Å². The molecular weight excluding hydrogens is 270 g/mol. The molecule has 1 aromatic heterocycles. The lowest BCUT2D eigenvalue weighted by molar-refractivity contribution is 0.102. The van der Waals surface area contributed by atoms with E-state index in [9.17, 15) is 4.79 Å². The number of ketones is 1. The van der Waals surface area contributed by atoms with Gasteiger partial charge in [0.1, 0.15) is 0 Å². The monoisotopic (exact) mass is 289 g/mol. The van der Waals surface area contributed by atoms with Crippen molar-refractivity contribution in [3.05, 3.63) is 52.8 Å². The number of carbonyl (C=O) groups is 1. The number of rotatable bonds is 5. The smallest absolute Gasteiger partial charge is 0.179 e. The van der Waals surface area contributed by atoms with Gasteiger partial charge in [-0.05, 0) is 44.0 Å². The van der Waals surface area contributed by atoms with E-state index in [1.807, 2.05) is 19.9 Å². The molecule has 0 aliphatic carbocycles. The van der Waals surface area contributed by atoms with Gasteiger partial charge in [0, 0.05) is 22.6 Å². The summed E-state index contributed by atoms with van der Waals surface area (Å²) in [7, 11) is 0. The Bertz CT molecular complexity index is 611. The molecule has 0 unspecified atom stereocenters. The van der Waals surface area contributed by atoms with Gasteiger partial charge >= 0.3 is 0 Å². The summed E-state index contributed by atoms with van der Waals surface area (Å²) in [5, 5.41) is 0. The Morgan fingerprint density at radius 1 is 1.20 bits per heavy atom. The number of aryl methyl sites for hydroxylation is 2. The molecule has 0 aliphatic rings. The van der Waals surface area contributed by atoms with Gasteiger partial charge in [-0.15, -0.1) is 11.6 Å². The second-order valence-corrected chi connectivity index (χ2v) is 5.36. The number of carbonyl (C=O) groups excluding carboxylic acids is 1. The number of Topliss-reactive ketones (excluding diaryl/α,β-unsaturated/α-hetero) is 1. The fraction of sp³-hybridized carbons (Fsp3) is 0.353. The molecule has 0 spiro atoms. The van der Waals surface area contributed by atoms with E-state index in [2.05, 4.69) is 35.8 Å². The summed E-state index contributed by atoms with van der Waals surface area (Å²) in [6, 6.07) is 10.4. The minimum atomic E-state index is -0.0198. The van der Waals surface area contributed by atoms with Gasteiger partial charge in [-0.25, -0.2) is 0 Å². The van der Waals surface area contributed by atoms with Gasteiger partial charge in [-0.2, -0.15) is 0 Å². The molecule has 0 aliphatic heterocycles. The lowest BCUT2D eigenvalue weighted by Gasteiger charge is -2.10. The summed E-state index contributed by atoms with van der Waals surface area (Å²) < 4.78 is 2.11. The average Bonchev–Trinajstić information content (AvgIpc) is 2.75. The second kappa shape index (κ2) is 6.27. The molecule has 0 N–H and O–H groups in total. The van der Waals surface area contributed by atoms with Crippen molar-refractivity contribution in [1.82, 2.24) is 4.57 Å². The number of hydrogen-bond acceptors (Lipinski definition) is 1. The Labute approximate surface area is 125 Å². The molecule has 3 heteroatoms. The molecule has 20 heavy (non-hydrogen) atoms. The van der Waals surface area contributed by atoms with E-state index in [0.29, 0.717) is 0 Å². The van der Waals surface area contributed by atoms with Crippen LogP contribution in [-0.2, 0) is 6.42 Å². The number of aromatic nitrogens is 1. The second-order valence-electron chi connectivity index (χ2n) is 5.09. The largest absolute Gasteiger partial charge is 0.318 e. The number of hydrogen-bond donors (Lipinski definition) is 0. The van der Waals surface area contributed by atoms with E-state index in [0.717, 1.165) is 35.5 Å². The van der Waals surface area contributed by atoms with Crippen molar-refractivity contribution in [2.24, 2.45) is 0 Å². The van der Waals surface area contributed by atoms with E-state index in [4.69, 9.17) is 11.6 Å². The van der Waals surface area contributed by atoms with Crippen LogP contribution < -0.4 is 0 Å². The molecule has 0 saturated carbocycles. The summed E-state index contributed by atoms with van der Waals surface area (Å²) in [4.78, 5) is 11.8. The van der Waals surface area contributed by atoms with Gasteiger partial charge < -0.3 is 4.57 Å². The molecule has 1 heterocycles. The van der Waals surface area contributed by atoms with Gasteiger partial charge in [0.2, 0.25) is 0 Å². The van der Waals surface area contributed by atoms with Crippen LogP contribution in [0.15, 0.2) is 30.3 Å². The maximum atomic E-state index is 11.8. The highest BCUT2D eigenvalue weighted by Gasteiger charge is 2.15. The van der Waals surface area contributed by atoms with E-state index in [1.54, 1.807) is 0 Å². The number of benzene rings is 1. The lowest BCUT2D eigenvalue weighted by atomic mass is 10.1. The van der Waals surface area contributed by atoms with Gasteiger partial charge in [0.15, 0.2) is 5.78 Å². The SMILES string of the molecule is CCCc1ccc(-n2c(C)cc(C(=O)CCl)c2C)cc1. The zero-order valence-corrected chi connectivity index (χ0v) is 13.0. The molecule has 106 valence electrons. The molecule has 0 fully saturated rings. The third kappa shape index (κ3) is 2.80. The molecule has 2 rings (SSSR count). The molecule has 1 aromatic carbocycles. The molecule has 0 bridgehead atoms. The predicted molar refractivity (Wildman–Crippen MR) is 84.3 cm³/mol.